The average molecular weight is 353 g/mol. The molecule has 1 aliphatic heterocycles. The first-order valence-corrected chi connectivity index (χ1v) is 8.87. The van der Waals surface area contributed by atoms with Crippen LogP contribution in [-0.4, -0.2) is 62.0 Å². The van der Waals surface area contributed by atoms with Crippen LogP contribution in [0.4, 0.5) is 5.82 Å². The normalized spacial score (nSPS) is 17.2. The molecule has 1 saturated heterocycles. The summed E-state index contributed by atoms with van der Waals surface area (Å²) in [6, 6.07) is 3.94. The second kappa shape index (κ2) is 5.79. The highest BCUT2D eigenvalue weighted by atomic mass is 16.5. The average Bonchev–Trinajstić information content (AvgIpc) is 3.26. The molecule has 4 heterocycles. The molecular formula is C17H19N7O2. The maximum atomic E-state index is 12.8. The number of carbonyl (C=O) groups excluding carboxylic acids is 1. The van der Waals surface area contributed by atoms with Crippen LogP contribution in [0.1, 0.15) is 34.7 Å². The van der Waals surface area contributed by atoms with Crippen molar-refractivity contribution in [2.45, 2.75) is 31.7 Å². The van der Waals surface area contributed by atoms with Gasteiger partial charge in [0.1, 0.15) is 12.1 Å². The van der Waals surface area contributed by atoms with E-state index in [1.54, 1.807) is 15.7 Å². The Morgan fingerprint density at radius 3 is 3.00 bits per heavy atom. The summed E-state index contributed by atoms with van der Waals surface area (Å²) >= 11 is 0. The van der Waals surface area contributed by atoms with Crippen LogP contribution >= 0.6 is 0 Å². The lowest BCUT2D eigenvalue weighted by molar-refractivity contribution is 0.0661. The fourth-order valence-corrected chi connectivity index (χ4v) is 3.66. The molecule has 0 atom stereocenters. The Morgan fingerprint density at radius 1 is 1.27 bits per heavy atom. The van der Waals surface area contributed by atoms with Gasteiger partial charge in [-0.05, 0) is 37.8 Å². The summed E-state index contributed by atoms with van der Waals surface area (Å²) in [6.07, 6.45) is 5.58. The van der Waals surface area contributed by atoms with Gasteiger partial charge in [0.25, 0.3) is 5.91 Å². The number of anilines is 1. The number of aryl methyl sites for hydroxylation is 1. The summed E-state index contributed by atoms with van der Waals surface area (Å²) in [7, 11) is 1.83. The molecule has 134 valence electrons. The molecular weight excluding hydrogens is 334 g/mol. The van der Waals surface area contributed by atoms with Crippen molar-refractivity contribution in [1.82, 2.24) is 29.9 Å². The summed E-state index contributed by atoms with van der Waals surface area (Å²) in [5.41, 5.74) is 2.67. The van der Waals surface area contributed by atoms with E-state index in [9.17, 15) is 4.79 Å². The van der Waals surface area contributed by atoms with Gasteiger partial charge in [-0.3, -0.25) is 4.79 Å². The zero-order valence-corrected chi connectivity index (χ0v) is 14.5. The number of amides is 1. The maximum Gasteiger partial charge on any atom is 0.292 e. The summed E-state index contributed by atoms with van der Waals surface area (Å²) in [6.45, 7) is 1.47. The Morgan fingerprint density at radius 2 is 2.12 bits per heavy atom. The Balaban J connectivity index is 1.28. The number of hydrogen-bond acceptors (Lipinski definition) is 7. The van der Waals surface area contributed by atoms with Crippen molar-refractivity contribution in [2.75, 3.05) is 25.0 Å². The van der Waals surface area contributed by atoms with Crippen molar-refractivity contribution in [1.29, 1.82) is 0 Å². The zero-order chi connectivity index (χ0) is 17.7. The van der Waals surface area contributed by atoms with Crippen molar-refractivity contribution in [2.24, 2.45) is 0 Å². The number of hydrogen-bond donors (Lipinski definition) is 0. The van der Waals surface area contributed by atoms with Gasteiger partial charge in [0, 0.05) is 25.7 Å². The largest absolute Gasteiger partial charge is 0.351 e. The zero-order valence-electron chi connectivity index (χ0n) is 14.5. The summed E-state index contributed by atoms with van der Waals surface area (Å²) in [5.74, 6) is 1.20. The Hall–Kier alpha value is -2.97. The third kappa shape index (κ3) is 2.34. The molecule has 3 aromatic rings. The molecule has 1 amide bonds. The van der Waals surface area contributed by atoms with E-state index in [0.29, 0.717) is 11.4 Å². The molecule has 5 rings (SSSR count). The summed E-state index contributed by atoms with van der Waals surface area (Å²) in [4.78, 5) is 16.7. The molecule has 9 nitrogen and oxygen atoms in total. The van der Waals surface area contributed by atoms with E-state index in [2.05, 4.69) is 25.4 Å². The van der Waals surface area contributed by atoms with Crippen molar-refractivity contribution in [3.8, 4) is 0 Å². The van der Waals surface area contributed by atoms with E-state index in [0.717, 1.165) is 55.8 Å². The molecule has 0 aromatic carbocycles. The predicted octanol–water partition coefficient (Wildman–Crippen LogP) is 0.952. The minimum Gasteiger partial charge on any atom is -0.351 e. The van der Waals surface area contributed by atoms with Crippen LogP contribution in [0.15, 0.2) is 23.0 Å². The molecule has 0 spiro atoms. The number of fused-ring (bicyclic) bond motifs is 2. The fourth-order valence-electron chi connectivity index (χ4n) is 3.66. The van der Waals surface area contributed by atoms with Crippen molar-refractivity contribution in [3.05, 3.63) is 35.5 Å². The van der Waals surface area contributed by atoms with Gasteiger partial charge in [0.2, 0.25) is 5.76 Å². The van der Waals surface area contributed by atoms with Gasteiger partial charge in [0.05, 0.1) is 11.7 Å². The highest BCUT2D eigenvalue weighted by Crippen LogP contribution is 2.27. The van der Waals surface area contributed by atoms with Crippen LogP contribution in [0.2, 0.25) is 0 Å². The van der Waals surface area contributed by atoms with Crippen LogP contribution in [-0.2, 0) is 12.8 Å². The standard InChI is InChI=1S/C17H19N7O2/c1-22(17(25)16-12-4-2-3-5-13(12)21-26-16)11-8-23(9-11)15-7-6-14-19-18-10-24(14)20-15/h6-7,10-11H,2-5,8-9H2,1H3. The van der Waals surface area contributed by atoms with Gasteiger partial charge in [-0.25, -0.2) is 0 Å². The molecule has 0 saturated carbocycles. The second-order valence-corrected chi connectivity index (χ2v) is 6.94. The van der Waals surface area contributed by atoms with E-state index in [4.69, 9.17) is 4.52 Å². The van der Waals surface area contributed by atoms with Crippen molar-refractivity contribution >= 4 is 17.4 Å². The number of nitrogens with zero attached hydrogens (tertiary/aromatic N) is 7. The molecule has 0 unspecified atom stereocenters. The summed E-state index contributed by atoms with van der Waals surface area (Å²) < 4.78 is 7.04. The number of likely N-dealkylation sites (N-methyl/N-ethyl adjacent to an activating group) is 1. The first kappa shape index (κ1) is 15.3. The maximum absolute atomic E-state index is 12.8. The van der Waals surface area contributed by atoms with Gasteiger partial charge < -0.3 is 14.3 Å². The van der Waals surface area contributed by atoms with E-state index >= 15 is 0 Å². The Bertz CT molecular complexity index is 973. The van der Waals surface area contributed by atoms with E-state index in [1.807, 2.05) is 19.2 Å². The van der Waals surface area contributed by atoms with Crippen LogP contribution in [0.5, 0.6) is 0 Å². The lowest BCUT2D eigenvalue weighted by Gasteiger charge is -2.44. The molecule has 26 heavy (non-hydrogen) atoms. The van der Waals surface area contributed by atoms with Gasteiger partial charge >= 0.3 is 0 Å². The topological polar surface area (TPSA) is 92.7 Å². The van der Waals surface area contributed by atoms with Crippen LogP contribution in [0.3, 0.4) is 0 Å². The first-order valence-electron chi connectivity index (χ1n) is 8.87. The smallest absolute Gasteiger partial charge is 0.292 e. The molecule has 1 fully saturated rings. The molecule has 2 aliphatic rings. The van der Waals surface area contributed by atoms with Crippen LogP contribution in [0.25, 0.3) is 5.65 Å². The third-order valence-electron chi connectivity index (χ3n) is 5.36. The van der Waals surface area contributed by atoms with Crippen LogP contribution < -0.4 is 4.90 Å². The SMILES string of the molecule is CN(C(=O)c1onc2c1CCCC2)C1CN(c2ccc3nncn3n2)C1. The number of carbonyl (C=O) groups is 1. The molecule has 0 N–H and O–H groups in total. The molecule has 3 aromatic heterocycles. The van der Waals surface area contributed by atoms with Gasteiger partial charge in [0.15, 0.2) is 5.65 Å². The molecule has 0 radical (unpaired) electrons. The van der Waals surface area contributed by atoms with Crippen LogP contribution in [0, 0.1) is 0 Å². The Kier molecular flexibility index (Phi) is 3.41. The third-order valence-corrected chi connectivity index (χ3v) is 5.36. The van der Waals surface area contributed by atoms with E-state index < -0.39 is 0 Å². The first-order chi connectivity index (χ1) is 12.7. The lowest BCUT2D eigenvalue weighted by Crippen LogP contribution is -2.60. The second-order valence-electron chi connectivity index (χ2n) is 6.94. The highest BCUT2D eigenvalue weighted by molar-refractivity contribution is 5.93. The summed E-state index contributed by atoms with van der Waals surface area (Å²) in [5, 5.41) is 16.4. The van der Waals surface area contributed by atoms with E-state index in [1.165, 1.54) is 0 Å². The van der Waals surface area contributed by atoms with Gasteiger partial charge in [-0.1, -0.05) is 5.16 Å². The minimum absolute atomic E-state index is 0.0764. The minimum atomic E-state index is -0.0764. The molecule has 9 heteroatoms. The monoisotopic (exact) mass is 353 g/mol. The molecule has 0 bridgehead atoms. The van der Waals surface area contributed by atoms with Crippen molar-refractivity contribution < 1.29 is 9.32 Å². The predicted molar refractivity (Wildman–Crippen MR) is 92.0 cm³/mol. The van der Waals surface area contributed by atoms with Crippen molar-refractivity contribution in [3.63, 3.8) is 0 Å². The number of rotatable bonds is 3. The lowest BCUT2D eigenvalue weighted by atomic mass is 9.95. The Labute approximate surface area is 149 Å². The van der Waals surface area contributed by atoms with E-state index in [-0.39, 0.29) is 11.9 Å². The fraction of sp³-hybridized carbons (Fsp3) is 0.471. The number of aromatic nitrogens is 5. The highest BCUT2D eigenvalue weighted by Gasteiger charge is 2.36. The quantitative estimate of drug-likeness (QED) is 0.692. The molecule has 1 aliphatic carbocycles. The van der Waals surface area contributed by atoms with Gasteiger partial charge in [-0.15, -0.1) is 15.3 Å². The van der Waals surface area contributed by atoms with Gasteiger partial charge in [-0.2, -0.15) is 4.52 Å².